The van der Waals surface area contributed by atoms with Crippen molar-refractivity contribution in [1.29, 1.82) is 0 Å². The highest BCUT2D eigenvalue weighted by atomic mass is 35.5. The van der Waals surface area contributed by atoms with Crippen LogP contribution in [0.4, 0.5) is 0 Å². The molecule has 0 unspecified atom stereocenters. The van der Waals surface area contributed by atoms with Gasteiger partial charge in [-0.1, -0.05) is 24.6 Å². The fraction of sp³-hybridized carbons (Fsp3) is 0.500. The lowest BCUT2D eigenvalue weighted by Crippen LogP contribution is -2.42. The third-order valence-electron chi connectivity index (χ3n) is 5.48. The van der Waals surface area contributed by atoms with Crippen molar-refractivity contribution in [3.8, 4) is 0 Å². The maximum atomic E-state index is 12.9. The monoisotopic (exact) mass is 357 g/mol. The third-order valence-corrected chi connectivity index (χ3v) is 5.76. The van der Waals surface area contributed by atoms with Gasteiger partial charge in [-0.25, -0.2) is 4.98 Å². The highest BCUT2D eigenvalue weighted by Gasteiger charge is 2.37. The van der Waals surface area contributed by atoms with E-state index in [0.717, 1.165) is 42.9 Å². The fourth-order valence-electron chi connectivity index (χ4n) is 3.90. The largest absolute Gasteiger partial charge is 0.333 e. The van der Waals surface area contributed by atoms with Gasteiger partial charge in [-0.05, 0) is 62.7 Å². The van der Waals surface area contributed by atoms with E-state index in [2.05, 4.69) is 16.8 Å². The zero-order chi connectivity index (χ0) is 17.4. The zero-order valence-corrected chi connectivity index (χ0v) is 15.3. The first-order valence-electron chi connectivity index (χ1n) is 9.26. The van der Waals surface area contributed by atoms with Gasteiger partial charge in [0.1, 0.15) is 5.65 Å². The van der Waals surface area contributed by atoms with Crippen molar-refractivity contribution in [2.24, 2.45) is 5.92 Å². The van der Waals surface area contributed by atoms with Crippen LogP contribution in [0.2, 0.25) is 5.15 Å². The summed E-state index contributed by atoms with van der Waals surface area (Å²) >= 11 is 6.26. The molecule has 0 spiro atoms. The summed E-state index contributed by atoms with van der Waals surface area (Å²) in [5.74, 6) is 0.906. The third kappa shape index (κ3) is 3.45. The van der Waals surface area contributed by atoms with Crippen molar-refractivity contribution in [2.75, 3.05) is 0 Å². The van der Waals surface area contributed by atoms with Crippen LogP contribution in [0.25, 0.3) is 11.7 Å². The number of carbonyl (C=O) groups excluding carboxylic acids is 1. The highest BCUT2D eigenvalue weighted by molar-refractivity contribution is 6.31. The number of nitrogens with zero attached hydrogens (tertiary/aromatic N) is 3. The number of pyridine rings is 1. The molecule has 2 aromatic heterocycles. The average Bonchev–Trinajstić information content (AvgIpc) is 3.38. The van der Waals surface area contributed by atoms with Gasteiger partial charge in [0, 0.05) is 24.4 Å². The summed E-state index contributed by atoms with van der Waals surface area (Å²) in [7, 11) is 0. The molecule has 0 aliphatic heterocycles. The van der Waals surface area contributed by atoms with Crippen molar-refractivity contribution in [2.45, 2.75) is 57.5 Å². The molecule has 4 rings (SSSR count). The quantitative estimate of drug-likeness (QED) is 0.751. The summed E-state index contributed by atoms with van der Waals surface area (Å²) in [6, 6.07) is 6.61. The lowest BCUT2D eigenvalue weighted by Gasteiger charge is -2.36. The second-order valence-corrected chi connectivity index (χ2v) is 7.80. The molecule has 0 bridgehead atoms. The number of imidazole rings is 1. The molecule has 4 nitrogen and oxygen atoms in total. The van der Waals surface area contributed by atoms with E-state index in [1.54, 1.807) is 6.08 Å². The van der Waals surface area contributed by atoms with E-state index in [-0.39, 0.29) is 5.91 Å². The second-order valence-electron chi connectivity index (χ2n) is 7.44. The minimum absolute atomic E-state index is 0.115. The predicted octanol–water partition coefficient (Wildman–Crippen LogP) is 4.57. The predicted molar refractivity (Wildman–Crippen MR) is 101 cm³/mol. The maximum Gasteiger partial charge on any atom is 0.247 e. The first kappa shape index (κ1) is 16.6. The molecule has 0 radical (unpaired) electrons. The molecule has 5 heteroatoms. The number of rotatable bonds is 4. The van der Waals surface area contributed by atoms with Gasteiger partial charge in [-0.15, -0.1) is 0 Å². The van der Waals surface area contributed by atoms with Crippen molar-refractivity contribution in [3.63, 3.8) is 0 Å². The molecule has 0 atom stereocenters. The van der Waals surface area contributed by atoms with Crippen LogP contribution in [0.1, 0.15) is 51.1 Å². The Bertz CT molecular complexity index is 800. The Balaban J connectivity index is 1.54. The molecule has 2 saturated carbocycles. The van der Waals surface area contributed by atoms with E-state index in [0.29, 0.717) is 17.2 Å². The normalized spacial score (nSPS) is 24.1. The number of amides is 1. The van der Waals surface area contributed by atoms with E-state index < -0.39 is 0 Å². The van der Waals surface area contributed by atoms with Crippen LogP contribution < -0.4 is 0 Å². The fourth-order valence-corrected chi connectivity index (χ4v) is 4.14. The minimum Gasteiger partial charge on any atom is -0.333 e. The summed E-state index contributed by atoms with van der Waals surface area (Å²) in [4.78, 5) is 19.4. The minimum atomic E-state index is 0.115. The molecular weight excluding hydrogens is 334 g/mol. The van der Waals surface area contributed by atoms with Crippen molar-refractivity contribution >= 4 is 29.2 Å². The van der Waals surface area contributed by atoms with Gasteiger partial charge in [0.2, 0.25) is 5.91 Å². The standard InChI is InChI=1S/C20H24ClN3O/c1-14-5-7-15(8-6-14)24(16-9-10-16)19(25)12-11-17-20(21)22-18-4-2-3-13-23(17)18/h2-4,11-16H,5-10H2,1H3/b12-11+. The molecule has 0 aromatic carbocycles. The molecule has 2 aliphatic carbocycles. The molecule has 25 heavy (non-hydrogen) atoms. The summed E-state index contributed by atoms with van der Waals surface area (Å²) < 4.78 is 1.91. The first-order valence-corrected chi connectivity index (χ1v) is 9.64. The number of hydrogen-bond donors (Lipinski definition) is 0. The molecule has 2 fully saturated rings. The number of hydrogen-bond acceptors (Lipinski definition) is 2. The molecule has 2 aliphatic rings. The summed E-state index contributed by atoms with van der Waals surface area (Å²) in [6.45, 7) is 2.31. The molecule has 2 aromatic rings. The van der Waals surface area contributed by atoms with E-state index in [1.807, 2.05) is 34.9 Å². The summed E-state index contributed by atoms with van der Waals surface area (Å²) in [5.41, 5.74) is 1.55. The Kier molecular flexibility index (Phi) is 4.55. The van der Waals surface area contributed by atoms with Gasteiger partial charge in [-0.3, -0.25) is 9.20 Å². The first-order chi connectivity index (χ1) is 12.1. The lowest BCUT2D eigenvalue weighted by atomic mass is 9.86. The maximum absolute atomic E-state index is 12.9. The summed E-state index contributed by atoms with van der Waals surface area (Å²) in [5, 5.41) is 0.430. The van der Waals surface area contributed by atoms with Gasteiger partial charge in [0.15, 0.2) is 5.15 Å². The SMILES string of the molecule is CC1CCC(N(C(=O)/C=C/c2c(Cl)nc3ccccn23)C2CC2)CC1. The van der Waals surface area contributed by atoms with Crippen LogP contribution in [0.5, 0.6) is 0 Å². The van der Waals surface area contributed by atoms with Gasteiger partial charge in [-0.2, -0.15) is 0 Å². The molecule has 1 amide bonds. The average molecular weight is 358 g/mol. The van der Waals surface area contributed by atoms with Crippen LogP contribution in [-0.4, -0.2) is 32.3 Å². The van der Waals surface area contributed by atoms with Crippen LogP contribution in [0, 0.1) is 5.92 Å². The van der Waals surface area contributed by atoms with Gasteiger partial charge in [0.25, 0.3) is 0 Å². The molecule has 2 heterocycles. The number of halogens is 1. The van der Waals surface area contributed by atoms with Crippen molar-refractivity contribution in [3.05, 3.63) is 41.3 Å². The van der Waals surface area contributed by atoms with Crippen LogP contribution in [0.3, 0.4) is 0 Å². The smallest absolute Gasteiger partial charge is 0.247 e. The van der Waals surface area contributed by atoms with E-state index in [1.165, 1.54) is 12.8 Å². The molecule has 0 N–H and O–H groups in total. The van der Waals surface area contributed by atoms with Crippen molar-refractivity contribution in [1.82, 2.24) is 14.3 Å². The Labute approximate surface area is 153 Å². The van der Waals surface area contributed by atoms with Gasteiger partial charge >= 0.3 is 0 Å². The number of aromatic nitrogens is 2. The molecule has 0 saturated heterocycles. The second kappa shape index (κ2) is 6.83. The van der Waals surface area contributed by atoms with Crippen molar-refractivity contribution < 1.29 is 4.79 Å². The highest BCUT2D eigenvalue weighted by Crippen LogP contribution is 2.35. The molecular formula is C20H24ClN3O. The van der Waals surface area contributed by atoms with Gasteiger partial charge in [0.05, 0.1) is 5.69 Å². The lowest BCUT2D eigenvalue weighted by molar-refractivity contribution is -0.129. The topological polar surface area (TPSA) is 37.6 Å². The Hall–Kier alpha value is -1.81. The van der Waals surface area contributed by atoms with E-state index in [4.69, 9.17) is 11.6 Å². The Morgan fingerprint density at radius 1 is 1.20 bits per heavy atom. The van der Waals surface area contributed by atoms with Crippen LogP contribution in [0.15, 0.2) is 30.5 Å². The number of fused-ring (bicyclic) bond motifs is 1. The number of carbonyl (C=O) groups is 1. The summed E-state index contributed by atoms with van der Waals surface area (Å²) in [6.07, 6.45) is 12.4. The molecule has 132 valence electrons. The Morgan fingerprint density at radius 2 is 1.88 bits per heavy atom. The van der Waals surface area contributed by atoms with E-state index >= 15 is 0 Å². The van der Waals surface area contributed by atoms with Gasteiger partial charge < -0.3 is 4.90 Å². The van der Waals surface area contributed by atoms with Crippen LogP contribution in [-0.2, 0) is 4.79 Å². The van der Waals surface area contributed by atoms with E-state index in [9.17, 15) is 4.79 Å². The zero-order valence-electron chi connectivity index (χ0n) is 14.6. The van der Waals surface area contributed by atoms with Crippen LogP contribution >= 0.6 is 11.6 Å². The Morgan fingerprint density at radius 3 is 2.56 bits per heavy atom.